The van der Waals surface area contributed by atoms with E-state index in [9.17, 15) is 0 Å². The van der Waals surface area contributed by atoms with Gasteiger partial charge in [-0.15, -0.1) is 0 Å². The number of halogens is 1. The summed E-state index contributed by atoms with van der Waals surface area (Å²) in [7, 11) is 0. The third-order valence-corrected chi connectivity index (χ3v) is 4.46. The van der Waals surface area contributed by atoms with E-state index in [0.717, 1.165) is 42.1 Å². The minimum absolute atomic E-state index is 0.536. The van der Waals surface area contributed by atoms with Gasteiger partial charge in [0.1, 0.15) is 0 Å². The topological polar surface area (TPSA) is 64.1 Å². The molecule has 0 amide bonds. The Hall–Kier alpha value is -0.610. The summed E-state index contributed by atoms with van der Waals surface area (Å²) in [6.07, 6.45) is 5.23. The maximum absolute atomic E-state index is 6.10. The highest BCUT2D eigenvalue weighted by Crippen LogP contribution is 2.27. The van der Waals surface area contributed by atoms with Crippen molar-refractivity contribution in [3.63, 3.8) is 0 Å². The van der Waals surface area contributed by atoms with Crippen LogP contribution in [0.5, 0.6) is 0 Å². The van der Waals surface area contributed by atoms with Crippen LogP contribution in [0.15, 0.2) is 18.2 Å². The molecule has 20 heavy (non-hydrogen) atoms. The van der Waals surface area contributed by atoms with Gasteiger partial charge < -0.3 is 16.8 Å². The molecule has 0 saturated heterocycles. The largest absolute Gasteiger partial charge is 0.330 e. The van der Waals surface area contributed by atoms with Crippen LogP contribution in [-0.4, -0.2) is 13.1 Å². The lowest BCUT2D eigenvalue weighted by molar-refractivity contribution is 0.264. The lowest BCUT2D eigenvalue weighted by atomic mass is 9.81. The van der Waals surface area contributed by atoms with E-state index < -0.39 is 0 Å². The number of hydrogen-bond donors (Lipinski definition) is 3. The first kappa shape index (κ1) is 15.8. The van der Waals surface area contributed by atoms with Gasteiger partial charge in [0, 0.05) is 18.1 Å². The van der Waals surface area contributed by atoms with Crippen molar-refractivity contribution in [3.05, 3.63) is 34.3 Å². The number of nitrogens with one attached hydrogen (secondary N) is 1. The minimum Gasteiger partial charge on any atom is -0.330 e. The highest BCUT2D eigenvalue weighted by Gasteiger charge is 2.20. The van der Waals surface area contributed by atoms with E-state index in [-0.39, 0.29) is 0 Å². The van der Waals surface area contributed by atoms with Crippen LogP contribution < -0.4 is 16.8 Å². The van der Waals surface area contributed by atoms with Crippen LogP contribution in [0.3, 0.4) is 0 Å². The fourth-order valence-corrected chi connectivity index (χ4v) is 3.44. The first-order chi connectivity index (χ1) is 9.71. The van der Waals surface area contributed by atoms with Gasteiger partial charge in [-0.1, -0.05) is 24.1 Å². The molecular weight excluding hydrogens is 270 g/mol. The summed E-state index contributed by atoms with van der Waals surface area (Å²) in [4.78, 5) is 0. The molecule has 2 atom stereocenters. The second-order valence-electron chi connectivity index (χ2n) is 5.94. The van der Waals surface area contributed by atoms with Gasteiger partial charge >= 0.3 is 0 Å². The zero-order valence-electron chi connectivity index (χ0n) is 12.1. The average Bonchev–Trinajstić information content (AvgIpc) is 2.47. The summed E-state index contributed by atoms with van der Waals surface area (Å²) >= 11 is 6.10. The quantitative estimate of drug-likeness (QED) is 0.756. The van der Waals surface area contributed by atoms with Gasteiger partial charge in [0.2, 0.25) is 0 Å². The van der Waals surface area contributed by atoms with Crippen molar-refractivity contribution in [1.82, 2.24) is 5.32 Å². The molecule has 0 radical (unpaired) electrons. The normalized spacial score (nSPS) is 22.9. The summed E-state index contributed by atoms with van der Waals surface area (Å²) in [5.74, 6) is 1.50. The number of benzene rings is 1. The predicted molar refractivity (Wildman–Crippen MR) is 85.6 cm³/mol. The van der Waals surface area contributed by atoms with Crippen LogP contribution >= 0.6 is 11.6 Å². The van der Waals surface area contributed by atoms with Gasteiger partial charge in [0.25, 0.3) is 0 Å². The van der Waals surface area contributed by atoms with Crippen LogP contribution in [0, 0.1) is 11.8 Å². The van der Waals surface area contributed by atoms with Crippen molar-refractivity contribution < 1.29 is 0 Å². The van der Waals surface area contributed by atoms with Crippen molar-refractivity contribution in [3.8, 4) is 0 Å². The highest BCUT2D eigenvalue weighted by molar-refractivity contribution is 6.30. The summed E-state index contributed by atoms with van der Waals surface area (Å²) in [6, 6.07) is 6.07. The van der Waals surface area contributed by atoms with Crippen molar-refractivity contribution >= 4 is 11.6 Å². The molecule has 1 aliphatic carbocycles. The fourth-order valence-electron chi connectivity index (χ4n) is 3.16. The standard InChI is InChI=1S/C16H26ClN3/c17-16-6-14(9-19)5-15(7-16)11-20-10-13-3-1-2-12(4-13)8-18/h5-7,12-13,20H,1-4,8-11,18-19H2/t12-,13+/m0/s1. The molecule has 5 N–H and O–H groups in total. The molecule has 1 aromatic carbocycles. The van der Waals surface area contributed by atoms with E-state index in [4.69, 9.17) is 23.1 Å². The SMILES string of the molecule is NCc1cc(Cl)cc(CNC[C@@H]2CCC[C@H](CN)C2)c1. The van der Waals surface area contributed by atoms with Crippen LogP contribution in [-0.2, 0) is 13.1 Å². The van der Waals surface area contributed by atoms with Crippen molar-refractivity contribution in [2.45, 2.75) is 38.8 Å². The maximum Gasteiger partial charge on any atom is 0.0412 e. The van der Waals surface area contributed by atoms with Crippen LogP contribution in [0.4, 0.5) is 0 Å². The third-order valence-electron chi connectivity index (χ3n) is 4.24. The van der Waals surface area contributed by atoms with E-state index in [0.29, 0.717) is 6.54 Å². The number of rotatable bonds is 6. The summed E-state index contributed by atoms with van der Waals surface area (Å²) in [5, 5.41) is 4.32. The Morgan fingerprint density at radius 3 is 2.60 bits per heavy atom. The van der Waals surface area contributed by atoms with Gasteiger partial charge in [-0.2, -0.15) is 0 Å². The molecule has 0 aromatic heterocycles. The Bertz CT molecular complexity index is 422. The third kappa shape index (κ3) is 4.74. The first-order valence-electron chi connectivity index (χ1n) is 7.60. The van der Waals surface area contributed by atoms with E-state index in [1.54, 1.807) is 0 Å². The van der Waals surface area contributed by atoms with Gasteiger partial charge in [-0.25, -0.2) is 0 Å². The first-order valence-corrected chi connectivity index (χ1v) is 7.98. The molecule has 0 bridgehead atoms. The number of hydrogen-bond acceptors (Lipinski definition) is 3. The second-order valence-corrected chi connectivity index (χ2v) is 6.37. The average molecular weight is 296 g/mol. The summed E-state index contributed by atoms with van der Waals surface area (Å²) in [5.41, 5.74) is 13.8. The zero-order chi connectivity index (χ0) is 14.4. The Kier molecular flexibility index (Phi) is 6.30. The summed E-state index contributed by atoms with van der Waals surface area (Å²) < 4.78 is 0. The Labute approximate surface area is 127 Å². The molecule has 0 spiro atoms. The molecule has 0 heterocycles. The van der Waals surface area contributed by atoms with Crippen molar-refractivity contribution in [2.75, 3.05) is 13.1 Å². The molecule has 1 saturated carbocycles. The van der Waals surface area contributed by atoms with Crippen LogP contribution in [0.1, 0.15) is 36.8 Å². The molecule has 2 rings (SSSR count). The molecule has 1 fully saturated rings. The lowest BCUT2D eigenvalue weighted by Crippen LogP contribution is -2.29. The zero-order valence-corrected chi connectivity index (χ0v) is 12.8. The molecule has 3 nitrogen and oxygen atoms in total. The molecule has 1 aliphatic rings. The van der Waals surface area contributed by atoms with Crippen molar-refractivity contribution in [2.24, 2.45) is 23.3 Å². The predicted octanol–water partition coefficient (Wildman–Crippen LogP) is 2.65. The smallest absolute Gasteiger partial charge is 0.0412 e. The molecular formula is C16H26ClN3. The monoisotopic (exact) mass is 295 g/mol. The number of nitrogens with two attached hydrogens (primary N) is 2. The Morgan fingerprint density at radius 2 is 1.85 bits per heavy atom. The van der Waals surface area contributed by atoms with Gasteiger partial charge in [-0.3, -0.25) is 0 Å². The minimum atomic E-state index is 0.536. The second kappa shape index (κ2) is 7.99. The lowest BCUT2D eigenvalue weighted by Gasteiger charge is -2.28. The van der Waals surface area contributed by atoms with Gasteiger partial charge in [-0.05, 0) is 67.4 Å². The van der Waals surface area contributed by atoms with Crippen LogP contribution in [0.2, 0.25) is 5.02 Å². The highest BCUT2D eigenvalue weighted by atomic mass is 35.5. The molecule has 4 heteroatoms. The van der Waals surface area contributed by atoms with E-state index in [1.165, 1.54) is 31.2 Å². The molecule has 112 valence electrons. The van der Waals surface area contributed by atoms with E-state index in [1.807, 2.05) is 12.1 Å². The van der Waals surface area contributed by atoms with Gasteiger partial charge in [0.05, 0.1) is 0 Å². The maximum atomic E-state index is 6.10. The van der Waals surface area contributed by atoms with E-state index in [2.05, 4.69) is 11.4 Å². The molecule has 1 aromatic rings. The Morgan fingerprint density at radius 1 is 1.10 bits per heavy atom. The van der Waals surface area contributed by atoms with E-state index >= 15 is 0 Å². The van der Waals surface area contributed by atoms with Crippen molar-refractivity contribution in [1.29, 1.82) is 0 Å². The Balaban J connectivity index is 1.79. The van der Waals surface area contributed by atoms with Crippen LogP contribution in [0.25, 0.3) is 0 Å². The summed E-state index contributed by atoms with van der Waals surface area (Å²) in [6.45, 7) is 3.30. The van der Waals surface area contributed by atoms with Gasteiger partial charge in [0.15, 0.2) is 0 Å². The molecule has 0 unspecified atom stereocenters. The molecule has 0 aliphatic heterocycles. The fraction of sp³-hybridized carbons (Fsp3) is 0.625.